The number of rotatable bonds is 7. The predicted molar refractivity (Wildman–Crippen MR) is 132 cm³/mol. The van der Waals surface area contributed by atoms with Crippen LogP contribution < -0.4 is 14.8 Å². The summed E-state index contributed by atoms with van der Waals surface area (Å²) in [6.45, 7) is 6.22. The summed E-state index contributed by atoms with van der Waals surface area (Å²) in [6, 6.07) is 18.7. The minimum Gasteiger partial charge on any atom is -0.497 e. The van der Waals surface area contributed by atoms with Gasteiger partial charge in [0.25, 0.3) is 5.91 Å². The van der Waals surface area contributed by atoms with Crippen molar-refractivity contribution in [2.75, 3.05) is 12.4 Å². The summed E-state index contributed by atoms with van der Waals surface area (Å²) in [5, 5.41) is 12.9. The Hall–Kier alpha value is -3.75. The van der Waals surface area contributed by atoms with Crippen molar-refractivity contribution in [3.05, 3.63) is 93.0 Å². The Bertz CT molecular complexity index is 1240. The van der Waals surface area contributed by atoms with E-state index < -0.39 is 5.91 Å². The van der Waals surface area contributed by atoms with Gasteiger partial charge >= 0.3 is 0 Å². The van der Waals surface area contributed by atoms with Crippen LogP contribution in [0.5, 0.6) is 11.5 Å². The maximum absolute atomic E-state index is 12.8. The van der Waals surface area contributed by atoms with Gasteiger partial charge in [-0.15, -0.1) is 0 Å². The molecular formula is C27H25ClN2O3. The highest BCUT2D eigenvalue weighted by Crippen LogP contribution is 2.29. The van der Waals surface area contributed by atoms with Crippen LogP contribution in [0.4, 0.5) is 5.69 Å². The van der Waals surface area contributed by atoms with Crippen molar-refractivity contribution in [3.63, 3.8) is 0 Å². The largest absolute Gasteiger partial charge is 0.497 e. The van der Waals surface area contributed by atoms with Gasteiger partial charge in [0, 0.05) is 22.3 Å². The fourth-order valence-electron chi connectivity index (χ4n) is 3.44. The van der Waals surface area contributed by atoms with E-state index in [1.54, 1.807) is 50.4 Å². The summed E-state index contributed by atoms with van der Waals surface area (Å²) >= 11 is 6.14. The molecule has 0 saturated carbocycles. The van der Waals surface area contributed by atoms with Gasteiger partial charge in [-0.3, -0.25) is 4.79 Å². The fraction of sp³-hybridized carbons (Fsp3) is 0.185. The Morgan fingerprint density at radius 1 is 1.09 bits per heavy atom. The molecule has 0 heterocycles. The third-order valence-corrected chi connectivity index (χ3v) is 5.49. The van der Waals surface area contributed by atoms with Gasteiger partial charge in [0.1, 0.15) is 29.7 Å². The molecule has 5 nitrogen and oxygen atoms in total. The molecule has 0 aliphatic rings. The number of aryl methyl sites for hydroxylation is 2. The second-order valence-corrected chi connectivity index (χ2v) is 8.13. The van der Waals surface area contributed by atoms with Crippen LogP contribution in [0.3, 0.4) is 0 Å². The zero-order valence-electron chi connectivity index (χ0n) is 19.0. The lowest BCUT2D eigenvalue weighted by Crippen LogP contribution is -2.14. The van der Waals surface area contributed by atoms with Crippen LogP contribution in [0.25, 0.3) is 6.08 Å². The first kappa shape index (κ1) is 23.9. The molecule has 0 aromatic heterocycles. The second kappa shape index (κ2) is 10.7. The first-order chi connectivity index (χ1) is 15.8. The Morgan fingerprint density at radius 3 is 2.48 bits per heavy atom. The van der Waals surface area contributed by atoms with Crippen molar-refractivity contribution < 1.29 is 14.3 Å². The van der Waals surface area contributed by atoms with Crippen molar-refractivity contribution in [1.82, 2.24) is 0 Å². The van der Waals surface area contributed by atoms with Gasteiger partial charge in [0.15, 0.2) is 0 Å². The lowest BCUT2D eigenvalue weighted by atomic mass is 10.1. The van der Waals surface area contributed by atoms with Crippen LogP contribution >= 0.6 is 11.6 Å². The molecule has 3 aromatic rings. The fourth-order valence-corrected chi connectivity index (χ4v) is 3.61. The third kappa shape index (κ3) is 6.15. The minimum atomic E-state index is -0.529. The van der Waals surface area contributed by atoms with Gasteiger partial charge in [0.05, 0.1) is 7.11 Å². The number of nitrogens with one attached hydrogen (secondary N) is 1. The summed E-state index contributed by atoms with van der Waals surface area (Å²) in [7, 11) is 1.57. The summed E-state index contributed by atoms with van der Waals surface area (Å²) in [5.74, 6) is 0.590. The molecule has 0 atom stereocenters. The van der Waals surface area contributed by atoms with E-state index in [2.05, 4.69) is 23.5 Å². The van der Waals surface area contributed by atoms with Crippen LogP contribution in [0.15, 0.2) is 60.2 Å². The smallest absolute Gasteiger partial charge is 0.266 e. The number of carbonyl (C=O) groups excluding carboxylic acids is 1. The van der Waals surface area contributed by atoms with E-state index >= 15 is 0 Å². The Morgan fingerprint density at radius 2 is 1.82 bits per heavy atom. The van der Waals surface area contributed by atoms with Gasteiger partial charge in [-0.05, 0) is 62.2 Å². The predicted octanol–water partition coefficient (Wildman–Crippen LogP) is 6.40. The molecule has 0 saturated heterocycles. The van der Waals surface area contributed by atoms with E-state index in [9.17, 15) is 10.1 Å². The highest BCUT2D eigenvalue weighted by Gasteiger charge is 2.14. The molecule has 1 N–H and O–H groups in total. The molecular weight excluding hydrogens is 436 g/mol. The summed E-state index contributed by atoms with van der Waals surface area (Å²) in [6.07, 6.45) is 1.51. The lowest BCUT2D eigenvalue weighted by molar-refractivity contribution is -0.112. The number of halogens is 1. The molecule has 6 heteroatoms. The second-order valence-electron chi connectivity index (χ2n) is 7.72. The number of ether oxygens (including phenoxy) is 2. The number of nitrogens with zero attached hydrogens (tertiary/aromatic N) is 1. The van der Waals surface area contributed by atoms with Crippen molar-refractivity contribution in [1.29, 1.82) is 5.26 Å². The molecule has 0 aliphatic heterocycles. The molecule has 168 valence electrons. The Labute approximate surface area is 199 Å². The van der Waals surface area contributed by atoms with E-state index in [0.717, 1.165) is 22.3 Å². The van der Waals surface area contributed by atoms with Crippen LogP contribution in [0.1, 0.15) is 27.8 Å². The molecule has 0 spiro atoms. The Kier molecular flexibility index (Phi) is 7.76. The highest BCUT2D eigenvalue weighted by molar-refractivity contribution is 6.31. The molecule has 1 amide bonds. The number of carbonyl (C=O) groups is 1. The third-order valence-electron chi connectivity index (χ3n) is 5.08. The van der Waals surface area contributed by atoms with Crippen molar-refractivity contribution in [2.24, 2.45) is 0 Å². The molecule has 33 heavy (non-hydrogen) atoms. The number of hydrogen-bond acceptors (Lipinski definition) is 4. The van der Waals surface area contributed by atoms with Crippen molar-refractivity contribution in [3.8, 4) is 17.6 Å². The molecule has 0 fully saturated rings. The zero-order valence-corrected chi connectivity index (χ0v) is 19.8. The van der Waals surface area contributed by atoms with E-state index in [0.29, 0.717) is 34.4 Å². The quantitative estimate of drug-likeness (QED) is 0.327. The van der Waals surface area contributed by atoms with Crippen LogP contribution in [-0.2, 0) is 11.4 Å². The molecule has 0 aliphatic carbocycles. The van der Waals surface area contributed by atoms with Crippen LogP contribution in [0, 0.1) is 32.1 Å². The standard InChI is InChI=1S/C27H25ClN2O3/c1-17-10-18(2)12-20(11-17)16-33-26-14-23(32-4)9-8-21(26)13-22(15-29)27(31)30-25-7-5-6-24(28)19(25)3/h5-14H,16H2,1-4H3,(H,30,31)/b22-13+. The minimum absolute atomic E-state index is 0.0595. The van der Waals surface area contributed by atoms with Crippen LogP contribution in [0.2, 0.25) is 5.02 Å². The molecule has 0 unspecified atom stereocenters. The average molecular weight is 461 g/mol. The van der Waals surface area contributed by atoms with E-state index in [-0.39, 0.29) is 5.57 Å². The summed E-state index contributed by atoms with van der Waals surface area (Å²) < 4.78 is 11.4. The number of benzene rings is 3. The van der Waals surface area contributed by atoms with Gasteiger partial charge in [-0.1, -0.05) is 47.0 Å². The maximum atomic E-state index is 12.8. The normalized spacial score (nSPS) is 11.0. The molecule has 3 aromatic carbocycles. The first-order valence-corrected chi connectivity index (χ1v) is 10.7. The zero-order chi connectivity index (χ0) is 24.0. The number of nitriles is 1. The van der Waals surface area contributed by atoms with Gasteiger partial charge < -0.3 is 14.8 Å². The molecule has 0 radical (unpaired) electrons. The van der Waals surface area contributed by atoms with E-state index in [1.165, 1.54) is 6.08 Å². The van der Waals surface area contributed by atoms with E-state index in [4.69, 9.17) is 21.1 Å². The topological polar surface area (TPSA) is 71.3 Å². The summed E-state index contributed by atoms with van der Waals surface area (Å²) in [5.41, 5.74) is 5.14. The van der Waals surface area contributed by atoms with Gasteiger partial charge in [0.2, 0.25) is 0 Å². The maximum Gasteiger partial charge on any atom is 0.266 e. The molecule has 0 bridgehead atoms. The van der Waals surface area contributed by atoms with Gasteiger partial charge in [-0.2, -0.15) is 5.26 Å². The number of anilines is 1. The number of hydrogen-bond donors (Lipinski definition) is 1. The average Bonchev–Trinajstić information content (AvgIpc) is 2.78. The highest BCUT2D eigenvalue weighted by atomic mass is 35.5. The monoisotopic (exact) mass is 460 g/mol. The number of amides is 1. The van der Waals surface area contributed by atoms with Gasteiger partial charge in [-0.25, -0.2) is 0 Å². The number of methoxy groups -OCH3 is 1. The van der Waals surface area contributed by atoms with Crippen molar-refractivity contribution >= 4 is 29.3 Å². The molecule has 3 rings (SSSR count). The Balaban J connectivity index is 1.89. The lowest BCUT2D eigenvalue weighted by Gasteiger charge is -2.13. The summed E-state index contributed by atoms with van der Waals surface area (Å²) in [4.78, 5) is 12.8. The first-order valence-electron chi connectivity index (χ1n) is 10.4. The van der Waals surface area contributed by atoms with E-state index in [1.807, 2.05) is 19.9 Å². The van der Waals surface area contributed by atoms with Crippen molar-refractivity contribution in [2.45, 2.75) is 27.4 Å². The van der Waals surface area contributed by atoms with Crippen LogP contribution in [-0.4, -0.2) is 13.0 Å². The SMILES string of the molecule is COc1ccc(/C=C(\C#N)C(=O)Nc2cccc(Cl)c2C)c(OCc2cc(C)cc(C)c2)c1.